The molecule has 5 rings (SSSR count). The van der Waals surface area contributed by atoms with E-state index in [4.69, 9.17) is 28.8 Å². The minimum absolute atomic E-state index is 0.0222. The summed E-state index contributed by atoms with van der Waals surface area (Å²) in [5.74, 6) is -4.37. The highest BCUT2D eigenvalue weighted by atomic mass is 19.4. The molecule has 1 spiro atoms. The molecule has 2 unspecified atom stereocenters. The van der Waals surface area contributed by atoms with Crippen molar-refractivity contribution >= 4 is 23.9 Å². The number of aliphatic carboxylic acids is 1. The third-order valence-electron chi connectivity index (χ3n) is 11.7. The first-order valence-corrected chi connectivity index (χ1v) is 20.7. The Balaban J connectivity index is 0.000000973. The monoisotopic (exact) mass is 823 g/mol. The van der Waals surface area contributed by atoms with Crippen LogP contribution in [-0.2, 0) is 45.2 Å². The summed E-state index contributed by atoms with van der Waals surface area (Å²) in [6.45, 7) is 5.77. The van der Waals surface area contributed by atoms with Crippen LogP contribution < -0.4 is 4.74 Å². The number of carboxylic acid groups (broad SMARTS) is 1. The number of carbonyl (C=O) groups is 4. The lowest BCUT2D eigenvalue weighted by atomic mass is 9.50. The highest BCUT2D eigenvalue weighted by Gasteiger charge is 2.72. The fourth-order valence-electron chi connectivity index (χ4n) is 8.60. The molecular weight excluding hydrogens is 763 g/mol. The van der Waals surface area contributed by atoms with Gasteiger partial charge in [-0.05, 0) is 90.1 Å². The van der Waals surface area contributed by atoms with Gasteiger partial charge in [0.25, 0.3) is 0 Å². The number of unbranched alkanes of at least 4 members (excludes halogenated alkanes) is 11. The molecule has 0 radical (unpaired) electrons. The maximum Gasteiger partial charge on any atom is 0.490 e. The van der Waals surface area contributed by atoms with Crippen LogP contribution in [0.15, 0.2) is 36.1 Å². The van der Waals surface area contributed by atoms with E-state index in [1.54, 1.807) is 12.1 Å². The van der Waals surface area contributed by atoms with Crippen molar-refractivity contribution in [3.05, 3.63) is 47.2 Å². The zero-order valence-electron chi connectivity index (χ0n) is 34.1. The zero-order valence-corrected chi connectivity index (χ0v) is 34.1. The molecule has 15 heteroatoms. The number of carbonyl (C=O) groups excluding carboxylic acids is 3. The molecule has 2 bridgehead atoms. The van der Waals surface area contributed by atoms with Crippen molar-refractivity contribution in [2.45, 2.75) is 171 Å². The van der Waals surface area contributed by atoms with Gasteiger partial charge in [0.15, 0.2) is 29.8 Å². The molecule has 1 aromatic carbocycles. The summed E-state index contributed by atoms with van der Waals surface area (Å²) in [4.78, 5) is 49.4. The van der Waals surface area contributed by atoms with E-state index < -0.39 is 59.4 Å². The van der Waals surface area contributed by atoms with Gasteiger partial charge >= 0.3 is 30.1 Å². The molecular formula is C43H60F3NO11. The quantitative estimate of drug-likeness (QED) is 0.0507. The first-order valence-electron chi connectivity index (χ1n) is 20.7. The van der Waals surface area contributed by atoms with Crippen LogP contribution in [0.25, 0.3) is 0 Å². The Labute approximate surface area is 338 Å². The number of aromatic hydroxyl groups is 1. The van der Waals surface area contributed by atoms with E-state index in [2.05, 4.69) is 24.0 Å². The van der Waals surface area contributed by atoms with Crippen LogP contribution >= 0.6 is 0 Å². The fraction of sp³-hybridized carbons (Fsp3) is 0.674. The largest absolute Gasteiger partial charge is 0.504 e. The number of ether oxygens (including phenoxy) is 4. The van der Waals surface area contributed by atoms with Crippen LogP contribution in [-0.4, -0.2) is 93.8 Å². The number of piperidine rings is 1. The summed E-state index contributed by atoms with van der Waals surface area (Å²) in [7, 11) is 2.00. The number of rotatable bonds is 20. The predicted molar refractivity (Wildman–Crippen MR) is 207 cm³/mol. The van der Waals surface area contributed by atoms with Gasteiger partial charge < -0.3 is 39.2 Å². The number of phenols is 1. The Kier molecular flexibility index (Phi) is 16.6. The molecule has 0 amide bonds. The van der Waals surface area contributed by atoms with Crippen molar-refractivity contribution in [1.29, 1.82) is 0 Å². The first-order chi connectivity index (χ1) is 27.5. The molecule has 58 heavy (non-hydrogen) atoms. The van der Waals surface area contributed by atoms with Crippen molar-refractivity contribution in [3.8, 4) is 11.5 Å². The fourth-order valence-corrected chi connectivity index (χ4v) is 8.60. The van der Waals surface area contributed by atoms with Gasteiger partial charge in [-0.25, -0.2) is 14.4 Å². The number of alkyl halides is 3. The normalized spacial score (nSPS) is 24.0. The van der Waals surface area contributed by atoms with Crippen molar-refractivity contribution in [2.75, 3.05) is 13.6 Å². The maximum atomic E-state index is 13.2. The number of esters is 3. The SMILES string of the molecule is CCCCCCCC/C=C\CCCCCCCC(=O)OC(C)C(=O)OC(C)C(=O)OC1=CC[C@@]2(O)[C@H]3Cc4ccc(O)c5c4[C@@]2(CCN3C)[C@H]1O5.O=C(O)C(F)(F)F. The number of allylic oxidation sites excluding steroid dienone is 2. The standard InChI is InChI=1S/C41H59NO9.C2HF3O2/c1-5-6-7-8-9-10-11-12-13-14-15-16-17-18-19-20-34(44)48-28(2)38(45)49-29(3)39(46)50-32-23-24-41(47)33-27-30-21-22-31(43)36-35(30)40(41,37(32)51-36)25-26-42(33)4;3-2(4,5)1(6)7/h12-13,21-23,28-29,33,37,43,47H,5-11,14-20,24-27H2,1-4H3;(H,6,7)/b13-12-;/t28?,29?,33-,37+,40+,41-;/m1./s1. The number of benzene rings is 1. The molecule has 1 saturated heterocycles. The molecule has 1 fully saturated rings. The Morgan fingerprint density at radius 3 is 2.14 bits per heavy atom. The van der Waals surface area contributed by atoms with Gasteiger partial charge in [0.05, 0.1) is 11.0 Å². The van der Waals surface area contributed by atoms with Gasteiger partial charge in [0.1, 0.15) is 5.76 Å². The number of carboxylic acids is 1. The van der Waals surface area contributed by atoms with Gasteiger partial charge in [-0.15, -0.1) is 0 Å². The molecule has 3 N–H and O–H groups in total. The Bertz CT molecular complexity index is 1660. The molecule has 0 saturated carbocycles. The van der Waals surface area contributed by atoms with Gasteiger partial charge in [-0.3, -0.25) is 4.79 Å². The van der Waals surface area contributed by atoms with Crippen LogP contribution in [0, 0.1) is 0 Å². The minimum atomic E-state index is -5.08. The third-order valence-corrected chi connectivity index (χ3v) is 11.7. The van der Waals surface area contributed by atoms with Crippen molar-refractivity contribution in [3.63, 3.8) is 0 Å². The first kappa shape index (κ1) is 46.6. The molecule has 0 aromatic heterocycles. The van der Waals surface area contributed by atoms with Crippen LogP contribution in [0.2, 0.25) is 0 Å². The predicted octanol–water partition coefficient (Wildman–Crippen LogP) is 7.75. The molecule has 12 nitrogen and oxygen atoms in total. The van der Waals surface area contributed by atoms with E-state index in [0.29, 0.717) is 31.6 Å². The van der Waals surface area contributed by atoms with Crippen molar-refractivity contribution < 1.29 is 66.6 Å². The van der Waals surface area contributed by atoms with Crippen LogP contribution in [0.1, 0.15) is 135 Å². The van der Waals surface area contributed by atoms with E-state index >= 15 is 0 Å². The number of aliphatic hydroxyl groups is 1. The van der Waals surface area contributed by atoms with Gasteiger partial charge in [0, 0.05) is 24.4 Å². The molecule has 1 aromatic rings. The van der Waals surface area contributed by atoms with E-state index in [9.17, 15) is 37.8 Å². The minimum Gasteiger partial charge on any atom is -0.504 e. The number of halogens is 3. The van der Waals surface area contributed by atoms with Crippen LogP contribution in [0.3, 0.4) is 0 Å². The van der Waals surface area contributed by atoms with E-state index in [0.717, 1.165) is 43.2 Å². The summed E-state index contributed by atoms with van der Waals surface area (Å²) in [5, 5.41) is 30.1. The summed E-state index contributed by atoms with van der Waals surface area (Å²) < 4.78 is 54.5. The number of likely N-dealkylation sites (N-methyl/N-ethyl adjacent to an activating group) is 1. The Hall–Kier alpha value is -4.11. The van der Waals surface area contributed by atoms with Crippen LogP contribution in [0.4, 0.5) is 13.2 Å². The van der Waals surface area contributed by atoms with Crippen molar-refractivity contribution in [1.82, 2.24) is 4.90 Å². The molecule has 2 aliphatic heterocycles. The zero-order chi connectivity index (χ0) is 42.7. The third kappa shape index (κ3) is 10.9. The summed E-state index contributed by atoms with van der Waals surface area (Å²) in [5.41, 5.74) is -0.295. The lowest BCUT2D eigenvalue weighted by molar-refractivity contribution is -0.192. The average Bonchev–Trinajstić information content (AvgIpc) is 3.53. The maximum absolute atomic E-state index is 13.2. The van der Waals surface area contributed by atoms with E-state index in [1.807, 2.05) is 13.1 Å². The summed E-state index contributed by atoms with van der Waals surface area (Å²) in [6.07, 6.45) is 14.6. The number of nitrogens with zero attached hydrogens (tertiary/aromatic N) is 1. The second-order valence-corrected chi connectivity index (χ2v) is 15.9. The van der Waals surface area contributed by atoms with E-state index in [1.165, 1.54) is 58.8 Å². The second-order valence-electron chi connectivity index (χ2n) is 15.9. The topological polar surface area (TPSA) is 169 Å². The Morgan fingerprint density at radius 1 is 0.931 bits per heavy atom. The number of phenolic OH excluding ortho intramolecular Hbond substituents is 1. The molecule has 324 valence electrons. The smallest absolute Gasteiger partial charge is 0.490 e. The highest BCUT2D eigenvalue weighted by Crippen LogP contribution is 2.65. The number of hydrogen-bond donors (Lipinski definition) is 3. The van der Waals surface area contributed by atoms with Gasteiger partial charge in [-0.2, -0.15) is 13.2 Å². The summed E-state index contributed by atoms with van der Waals surface area (Å²) >= 11 is 0. The van der Waals surface area contributed by atoms with Crippen molar-refractivity contribution in [2.24, 2.45) is 0 Å². The average molecular weight is 824 g/mol. The molecule has 4 aliphatic rings. The second kappa shape index (κ2) is 20.7. The lowest BCUT2D eigenvalue weighted by Gasteiger charge is -2.61. The highest BCUT2D eigenvalue weighted by molar-refractivity contribution is 5.83. The number of hydrogen-bond acceptors (Lipinski definition) is 11. The molecule has 2 heterocycles. The number of likely N-dealkylation sites (tertiary alicyclic amines) is 1. The Morgan fingerprint density at radius 2 is 1.52 bits per heavy atom. The lowest BCUT2D eigenvalue weighted by Crippen LogP contribution is -2.74. The molecule has 6 atom stereocenters. The molecule has 2 aliphatic carbocycles. The summed E-state index contributed by atoms with van der Waals surface area (Å²) in [6, 6.07) is 3.31. The van der Waals surface area contributed by atoms with Gasteiger partial charge in [0.2, 0.25) is 0 Å². The van der Waals surface area contributed by atoms with Crippen LogP contribution in [0.5, 0.6) is 11.5 Å². The van der Waals surface area contributed by atoms with Gasteiger partial charge in [-0.1, -0.05) is 76.5 Å². The van der Waals surface area contributed by atoms with E-state index in [-0.39, 0.29) is 30.4 Å².